The Morgan fingerprint density at radius 1 is 1.14 bits per heavy atom. The maximum atomic E-state index is 11.7. The summed E-state index contributed by atoms with van der Waals surface area (Å²) in [5.41, 5.74) is 0.681. The Labute approximate surface area is 124 Å². The second kappa shape index (κ2) is 7.57. The summed E-state index contributed by atoms with van der Waals surface area (Å²) in [6.07, 6.45) is 1.64. The normalized spacial score (nSPS) is 10.8. The van der Waals surface area contributed by atoms with Crippen LogP contribution in [0, 0.1) is 0 Å². The number of carbonyl (C=O) groups is 3. The summed E-state index contributed by atoms with van der Waals surface area (Å²) in [4.78, 5) is 33.7. The standard InChI is InChI=1S/C16H21NO4/c1-16(2,3)21-15(20)6-4-5-14(19)17-13-9-7-12(11-18)8-10-13/h7-11H,4-6H2,1-3H3,(H,17,19). The minimum Gasteiger partial charge on any atom is -0.460 e. The Bertz CT molecular complexity index is 500. The highest BCUT2D eigenvalue weighted by atomic mass is 16.6. The van der Waals surface area contributed by atoms with Crippen LogP contribution in [0.5, 0.6) is 0 Å². The number of rotatable bonds is 6. The van der Waals surface area contributed by atoms with Gasteiger partial charge in [0.2, 0.25) is 5.91 Å². The number of hydrogen-bond acceptors (Lipinski definition) is 4. The van der Waals surface area contributed by atoms with Crippen molar-refractivity contribution in [3.63, 3.8) is 0 Å². The molecule has 0 aliphatic carbocycles. The lowest BCUT2D eigenvalue weighted by molar-refractivity contribution is -0.154. The summed E-state index contributed by atoms with van der Waals surface area (Å²) in [5.74, 6) is -0.469. The van der Waals surface area contributed by atoms with Gasteiger partial charge in [-0.15, -0.1) is 0 Å². The highest BCUT2D eigenvalue weighted by Crippen LogP contribution is 2.11. The summed E-state index contributed by atoms with van der Waals surface area (Å²) in [6.45, 7) is 5.42. The highest BCUT2D eigenvalue weighted by Gasteiger charge is 2.16. The zero-order chi connectivity index (χ0) is 15.9. The lowest BCUT2D eigenvalue weighted by atomic mass is 10.2. The van der Waals surface area contributed by atoms with Crippen LogP contribution in [0.3, 0.4) is 0 Å². The maximum absolute atomic E-state index is 11.7. The van der Waals surface area contributed by atoms with Crippen LogP contribution in [0.15, 0.2) is 24.3 Å². The van der Waals surface area contributed by atoms with Crippen LogP contribution in [0.1, 0.15) is 50.4 Å². The van der Waals surface area contributed by atoms with E-state index in [2.05, 4.69) is 5.32 Å². The molecular weight excluding hydrogens is 270 g/mol. The second-order valence-corrected chi connectivity index (χ2v) is 5.73. The van der Waals surface area contributed by atoms with Gasteiger partial charge in [-0.05, 0) is 51.5 Å². The van der Waals surface area contributed by atoms with E-state index in [1.807, 2.05) is 0 Å². The number of carbonyl (C=O) groups excluding carboxylic acids is 3. The van der Waals surface area contributed by atoms with E-state index in [1.54, 1.807) is 45.0 Å². The van der Waals surface area contributed by atoms with Crippen molar-refractivity contribution in [2.45, 2.75) is 45.6 Å². The van der Waals surface area contributed by atoms with Crippen LogP contribution < -0.4 is 5.32 Å². The van der Waals surface area contributed by atoms with Crippen molar-refractivity contribution in [2.24, 2.45) is 0 Å². The van der Waals surface area contributed by atoms with Gasteiger partial charge >= 0.3 is 5.97 Å². The van der Waals surface area contributed by atoms with Crippen LogP contribution in [-0.4, -0.2) is 23.8 Å². The average molecular weight is 291 g/mol. The molecule has 0 unspecified atom stereocenters. The third kappa shape index (κ3) is 7.25. The van der Waals surface area contributed by atoms with E-state index in [4.69, 9.17) is 4.74 Å². The molecule has 0 aliphatic rings. The van der Waals surface area contributed by atoms with E-state index in [9.17, 15) is 14.4 Å². The number of esters is 1. The molecule has 1 amide bonds. The van der Waals surface area contributed by atoms with E-state index in [0.29, 0.717) is 17.7 Å². The fraction of sp³-hybridized carbons (Fsp3) is 0.438. The predicted octanol–water partition coefficient (Wildman–Crippen LogP) is 2.95. The predicted molar refractivity (Wildman–Crippen MR) is 80.2 cm³/mol. The van der Waals surface area contributed by atoms with E-state index < -0.39 is 5.60 Å². The van der Waals surface area contributed by atoms with Gasteiger partial charge in [0.15, 0.2) is 0 Å². The van der Waals surface area contributed by atoms with Crippen molar-refractivity contribution in [2.75, 3.05) is 5.32 Å². The molecule has 1 N–H and O–H groups in total. The molecule has 21 heavy (non-hydrogen) atoms. The molecule has 0 atom stereocenters. The largest absolute Gasteiger partial charge is 0.460 e. The molecule has 1 aromatic rings. The number of benzene rings is 1. The van der Waals surface area contributed by atoms with E-state index in [-0.39, 0.29) is 24.7 Å². The van der Waals surface area contributed by atoms with Crippen molar-refractivity contribution < 1.29 is 19.1 Å². The lowest BCUT2D eigenvalue weighted by Gasteiger charge is -2.19. The molecule has 0 aliphatic heterocycles. The van der Waals surface area contributed by atoms with Gasteiger partial charge in [-0.25, -0.2) is 0 Å². The lowest BCUT2D eigenvalue weighted by Crippen LogP contribution is -2.23. The van der Waals surface area contributed by atoms with Crippen molar-refractivity contribution in [1.82, 2.24) is 0 Å². The van der Waals surface area contributed by atoms with Crippen LogP contribution >= 0.6 is 0 Å². The highest BCUT2D eigenvalue weighted by molar-refractivity contribution is 5.91. The molecule has 0 fully saturated rings. The van der Waals surface area contributed by atoms with Gasteiger partial charge in [-0.2, -0.15) is 0 Å². The molecule has 0 saturated carbocycles. The molecule has 0 bridgehead atoms. The zero-order valence-electron chi connectivity index (χ0n) is 12.6. The Morgan fingerprint density at radius 2 is 1.76 bits per heavy atom. The topological polar surface area (TPSA) is 72.5 Å². The van der Waals surface area contributed by atoms with Gasteiger partial charge < -0.3 is 10.1 Å². The van der Waals surface area contributed by atoms with Crippen LogP contribution in [0.4, 0.5) is 5.69 Å². The van der Waals surface area contributed by atoms with Crippen molar-refractivity contribution in [1.29, 1.82) is 0 Å². The Kier molecular flexibility index (Phi) is 6.09. The molecule has 0 saturated heterocycles. The monoisotopic (exact) mass is 291 g/mol. The number of nitrogens with one attached hydrogen (secondary N) is 1. The summed E-state index contributed by atoms with van der Waals surface area (Å²) in [6, 6.07) is 6.58. The molecule has 0 spiro atoms. The minimum atomic E-state index is -0.500. The van der Waals surface area contributed by atoms with E-state index >= 15 is 0 Å². The minimum absolute atomic E-state index is 0.169. The number of aldehydes is 1. The van der Waals surface area contributed by atoms with Gasteiger partial charge in [0.25, 0.3) is 0 Å². The number of hydrogen-bond donors (Lipinski definition) is 1. The maximum Gasteiger partial charge on any atom is 0.306 e. The van der Waals surface area contributed by atoms with Crippen molar-refractivity contribution in [3.05, 3.63) is 29.8 Å². The molecule has 1 rings (SSSR count). The molecule has 114 valence electrons. The smallest absolute Gasteiger partial charge is 0.306 e. The van der Waals surface area contributed by atoms with Crippen molar-refractivity contribution in [3.8, 4) is 0 Å². The molecule has 0 aromatic heterocycles. The SMILES string of the molecule is CC(C)(C)OC(=O)CCCC(=O)Nc1ccc(C=O)cc1. The third-order valence-electron chi connectivity index (χ3n) is 2.54. The summed E-state index contributed by atoms with van der Waals surface area (Å²) in [7, 11) is 0. The van der Waals surface area contributed by atoms with Crippen LogP contribution in [-0.2, 0) is 14.3 Å². The first-order valence-corrected chi connectivity index (χ1v) is 6.87. The fourth-order valence-electron chi connectivity index (χ4n) is 1.65. The van der Waals surface area contributed by atoms with Crippen LogP contribution in [0.2, 0.25) is 0 Å². The first kappa shape index (κ1) is 16.9. The summed E-state index contributed by atoms with van der Waals surface area (Å²) in [5, 5.41) is 2.71. The number of ether oxygens (including phenoxy) is 1. The van der Waals surface area contributed by atoms with Gasteiger partial charge in [0.05, 0.1) is 0 Å². The molecule has 0 radical (unpaired) electrons. The Morgan fingerprint density at radius 3 is 2.29 bits per heavy atom. The van der Waals surface area contributed by atoms with Gasteiger partial charge in [0.1, 0.15) is 11.9 Å². The average Bonchev–Trinajstić information content (AvgIpc) is 2.37. The third-order valence-corrected chi connectivity index (χ3v) is 2.54. The molecule has 5 heteroatoms. The van der Waals surface area contributed by atoms with Gasteiger partial charge in [-0.3, -0.25) is 14.4 Å². The molecule has 1 aromatic carbocycles. The Hall–Kier alpha value is -2.17. The first-order valence-electron chi connectivity index (χ1n) is 6.87. The second-order valence-electron chi connectivity index (χ2n) is 5.73. The Balaban J connectivity index is 2.30. The zero-order valence-corrected chi connectivity index (χ0v) is 12.6. The summed E-state index contributed by atoms with van der Waals surface area (Å²) < 4.78 is 5.16. The molecular formula is C16H21NO4. The number of anilines is 1. The van der Waals surface area contributed by atoms with Gasteiger partial charge in [-0.1, -0.05) is 0 Å². The number of amides is 1. The van der Waals surface area contributed by atoms with Crippen LogP contribution in [0.25, 0.3) is 0 Å². The van der Waals surface area contributed by atoms with E-state index in [0.717, 1.165) is 6.29 Å². The molecule has 5 nitrogen and oxygen atoms in total. The first-order chi connectivity index (χ1) is 9.80. The quantitative estimate of drug-likeness (QED) is 0.646. The van der Waals surface area contributed by atoms with E-state index in [1.165, 1.54) is 0 Å². The summed E-state index contributed by atoms with van der Waals surface area (Å²) >= 11 is 0. The fourth-order valence-corrected chi connectivity index (χ4v) is 1.65. The van der Waals surface area contributed by atoms with Crippen molar-refractivity contribution >= 4 is 23.9 Å². The van der Waals surface area contributed by atoms with Gasteiger partial charge in [0, 0.05) is 24.1 Å². The molecule has 0 heterocycles.